The lowest BCUT2D eigenvalue weighted by atomic mass is 10.0. The van der Waals surface area contributed by atoms with E-state index in [9.17, 15) is 0 Å². The Kier molecular flexibility index (Phi) is 27.5. The fourth-order valence-electron chi connectivity index (χ4n) is 4.27. The maximum atomic E-state index is 2.45. The monoisotopic (exact) mass is 406 g/mol. The summed E-state index contributed by atoms with van der Waals surface area (Å²) >= 11 is 0. The maximum Gasteiger partial charge on any atom is -0.0351 e. The Morgan fingerprint density at radius 2 is 0.483 bits per heavy atom. The van der Waals surface area contributed by atoms with E-state index in [2.05, 4.69) is 26.0 Å². The Labute approximate surface area is 186 Å². The normalized spacial score (nSPS) is 11.7. The first-order chi connectivity index (χ1) is 14.4. The lowest BCUT2D eigenvalue weighted by molar-refractivity contribution is 0.533. The highest BCUT2D eigenvalue weighted by atomic mass is 14.0. The van der Waals surface area contributed by atoms with Crippen LogP contribution in [0.4, 0.5) is 0 Å². The van der Waals surface area contributed by atoms with Crippen molar-refractivity contribution in [1.82, 2.24) is 0 Å². The lowest BCUT2D eigenvalue weighted by Crippen LogP contribution is -1.83. The van der Waals surface area contributed by atoms with Gasteiger partial charge in [-0.3, -0.25) is 0 Å². The second kappa shape index (κ2) is 27.7. The maximum absolute atomic E-state index is 2.45. The first-order valence-corrected chi connectivity index (χ1v) is 14.1. The summed E-state index contributed by atoms with van der Waals surface area (Å²) in [6.07, 6.45) is 40.9. The summed E-state index contributed by atoms with van der Waals surface area (Å²) in [6, 6.07) is 0. The Hall–Kier alpha value is -0.260. The molecule has 0 bridgehead atoms. The molecule has 0 rings (SSSR count). The molecule has 0 heteroatoms. The highest BCUT2D eigenvalue weighted by Crippen LogP contribution is 2.14. The molecule has 0 aromatic rings. The summed E-state index contributed by atoms with van der Waals surface area (Å²) in [4.78, 5) is 0. The topological polar surface area (TPSA) is 0 Å². The van der Waals surface area contributed by atoms with Gasteiger partial charge in [-0.15, -0.1) is 0 Å². The van der Waals surface area contributed by atoms with Gasteiger partial charge in [0.15, 0.2) is 0 Å². The zero-order chi connectivity index (χ0) is 21.1. The van der Waals surface area contributed by atoms with E-state index in [0.717, 1.165) is 0 Å². The van der Waals surface area contributed by atoms with Crippen molar-refractivity contribution in [3.8, 4) is 0 Å². The minimum absolute atomic E-state index is 1.31. The fraction of sp³-hybridized carbons (Fsp3) is 0.931. The average molecular weight is 407 g/mol. The van der Waals surface area contributed by atoms with Gasteiger partial charge in [0.1, 0.15) is 0 Å². The van der Waals surface area contributed by atoms with Gasteiger partial charge in [0.2, 0.25) is 0 Å². The van der Waals surface area contributed by atoms with Crippen molar-refractivity contribution >= 4 is 0 Å². The third-order valence-corrected chi connectivity index (χ3v) is 6.37. The molecule has 0 aliphatic rings. The fourth-order valence-corrected chi connectivity index (χ4v) is 4.27. The van der Waals surface area contributed by atoms with Crippen LogP contribution in [0.5, 0.6) is 0 Å². The highest BCUT2D eigenvalue weighted by Gasteiger charge is 1.94. The Balaban J connectivity index is 3.05. The van der Waals surface area contributed by atoms with Crippen LogP contribution in [0.2, 0.25) is 0 Å². The molecule has 0 aromatic carbocycles. The van der Waals surface area contributed by atoms with Gasteiger partial charge < -0.3 is 0 Å². The van der Waals surface area contributed by atoms with Crippen molar-refractivity contribution in [3.63, 3.8) is 0 Å². The van der Waals surface area contributed by atoms with Gasteiger partial charge in [-0.25, -0.2) is 0 Å². The van der Waals surface area contributed by atoms with Gasteiger partial charge in [-0.1, -0.05) is 161 Å². The van der Waals surface area contributed by atoms with Crippen LogP contribution in [0, 0.1) is 0 Å². The molecule has 174 valence electrons. The SMILES string of the molecule is CCCCCCCCCC/C=C/CCCCCCCCCCCCCCCCC. The van der Waals surface area contributed by atoms with Crippen LogP contribution in [0.3, 0.4) is 0 Å². The molecule has 0 amide bonds. The van der Waals surface area contributed by atoms with E-state index in [1.54, 1.807) is 0 Å². The lowest BCUT2D eigenvalue weighted by Gasteiger charge is -2.03. The quantitative estimate of drug-likeness (QED) is 0.104. The number of rotatable bonds is 25. The van der Waals surface area contributed by atoms with E-state index >= 15 is 0 Å². The molecule has 0 aliphatic carbocycles. The zero-order valence-electron chi connectivity index (χ0n) is 20.8. The van der Waals surface area contributed by atoms with Gasteiger partial charge >= 0.3 is 0 Å². The van der Waals surface area contributed by atoms with E-state index in [1.165, 1.54) is 161 Å². The molecule has 0 radical (unpaired) electrons. The van der Waals surface area contributed by atoms with E-state index in [-0.39, 0.29) is 0 Å². The molecule has 0 saturated carbocycles. The van der Waals surface area contributed by atoms with Crippen molar-refractivity contribution in [2.75, 3.05) is 0 Å². The van der Waals surface area contributed by atoms with Crippen molar-refractivity contribution in [3.05, 3.63) is 12.2 Å². The summed E-state index contributed by atoms with van der Waals surface area (Å²) in [5.41, 5.74) is 0. The molecule has 0 nitrogen and oxygen atoms in total. The molecule has 0 saturated heterocycles. The number of unbranched alkanes of at least 4 members (excludes halogenated alkanes) is 23. The minimum atomic E-state index is 1.31. The van der Waals surface area contributed by atoms with Crippen LogP contribution in [0.15, 0.2) is 12.2 Å². The molecule has 0 spiro atoms. The van der Waals surface area contributed by atoms with Crippen LogP contribution in [0.25, 0.3) is 0 Å². The molecular weight excluding hydrogens is 348 g/mol. The van der Waals surface area contributed by atoms with Crippen LogP contribution in [-0.2, 0) is 0 Å². The van der Waals surface area contributed by atoms with Crippen LogP contribution >= 0.6 is 0 Å². The largest absolute Gasteiger partial charge is 0.0885 e. The molecular formula is C29H58. The minimum Gasteiger partial charge on any atom is -0.0885 e. The van der Waals surface area contributed by atoms with Crippen molar-refractivity contribution in [1.29, 1.82) is 0 Å². The van der Waals surface area contributed by atoms with E-state index < -0.39 is 0 Å². The molecule has 0 aromatic heterocycles. The van der Waals surface area contributed by atoms with Crippen LogP contribution < -0.4 is 0 Å². The molecule has 0 heterocycles. The molecule has 29 heavy (non-hydrogen) atoms. The molecule has 0 unspecified atom stereocenters. The summed E-state index contributed by atoms with van der Waals surface area (Å²) in [5.74, 6) is 0. The third-order valence-electron chi connectivity index (χ3n) is 6.37. The van der Waals surface area contributed by atoms with E-state index in [0.29, 0.717) is 0 Å². The van der Waals surface area contributed by atoms with Gasteiger partial charge in [0.05, 0.1) is 0 Å². The summed E-state index contributed by atoms with van der Waals surface area (Å²) in [6.45, 7) is 4.60. The van der Waals surface area contributed by atoms with Gasteiger partial charge in [0, 0.05) is 0 Å². The Bertz CT molecular complexity index is 290. The average Bonchev–Trinajstić information content (AvgIpc) is 2.74. The van der Waals surface area contributed by atoms with Gasteiger partial charge in [-0.2, -0.15) is 0 Å². The molecule has 0 fully saturated rings. The standard InChI is InChI=1S/C29H58/c1-3-5-7-9-11-13-15-17-19-21-23-25-27-29-28-26-24-22-20-18-16-14-12-10-8-6-4-2/h21,23H,3-20,22,24-29H2,1-2H3/b23-21+. The van der Waals surface area contributed by atoms with E-state index in [4.69, 9.17) is 0 Å². The highest BCUT2D eigenvalue weighted by molar-refractivity contribution is 4.81. The number of hydrogen-bond acceptors (Lipinski definition) is 0. The summed E-state index contributed by atoms with van der Waals surface area (Å²) in [5, 5.41) is 0. The summed E-state index contributed by atoms with van der Waals surface area (Å²) < 4.78 is 0. The Morgan fingerprint density at radius 1 is 0.276 bits per heavy atom. The number of hydrogen-bond donors (Lipinski definition) is 0. The molecule has 0 aliphatic heterocycles. The first-order valence-electron chi connectivity index (χ1n) is 14.1. The van der Waals surface area contributed by atoms with E-state index in [1.807, 2.05) is 0 Å². The predicted molar refractivity (Wildman–Crippen MR) is 136 cm³/mol. The third kappa shape index (κ3) is 27.7. The van der Waals surface area contributed by atoms with Crippen molar-refractivity contribution < 1.29 is 0 Å². The second-order valence-corrected chi connectivity index (χ2v) is 9.47. The van der Waals surface area contributed by atoms with Gasteiger partial charge in [0.25, 0.3) is 0 Å². The predicted octanol–water partition coefficient (Wildman–Crippen LogP) is 11.3. The molecule has 0 atom stereocenters. The molecule has 0 N–H and O–H groups in total. The Morgan fingerprint density at radius 3 is 0.724 bits per heavy atom. The zero-order valence-corrected chi connectivity index (χ0v) is 20.8. The second-order valence-electron chi connectivity index (χ2n) is 9.47. The van der Waals surface area contributed by atoms with Crippen molar-refractivity contribution in [2.45, 2.75) is 174 Å². The van der Waals surface area contributed by atoms with Crippen LogP contribution in [-0.4, -0.2) is 0 Å². The first kappa shape index (κ1) is 28.7. The van der Waals surface area contributed by atoms with Gasteiger partial charge in [-0.05, 0) is 25.7 Å². The number of allylic oxidation sites excluding steroid dienone is 2. The summed E-state index contributed by atoms with van der Waals surface area (Å²) in [7, 11) is 0. The van der Waals surface area contributed by atoms with Crippen LogP contribution in [0.1, 0.15) is 174 Å². The smallest absolute Gasteiger partial charge is 0.0351 e. The van der Waals surface area contributed by atoms with Crippen molar-refractivity contribution in [2.24, 2.45) is 0 Å².